The van der Waals surface area contributed by atoms with Gasteiger partial charge >= 0.3 is 0 Å². The number of anilines is 1. The molecular weight excluding hydrogens is 268 g/mol. The van der Waals surface area contributed by atoms with Crippen molar-refractivity contribution < 1.29 is 9.94 Å². The minimum atomic E-state index is -0.00491. The predicted molar refractivity (Wildman–Crippen MR) is 81.8 cm³/mol. The van der Waals surface area contributed by atoms with Crippen LogP contribution in [0.1, 0.15) is 11.3 Å². The van der Waals surface area contributed by atoms with E-state index in [1.165, 1.54) is 0 Å². The van der Waals surface area contributed by atoms with Crippen molar-refractivity contribution in [3.63, 3.8) is 0 Å². The maximum absolute atomic E-state index is 8.70. The number of aromatic nitrogens is 1. The number of nitrogens with two attached hydrogens (primary N) is 1. The Hall–Kier alpha value is -2.76. The van der Waals surface area contributed by atoms with E-state index in [1.807, 2.05) is 48.3 Å². The van der Waals surface area contributed by atoms with E-state index in [2.05, 4.69) is 10.1 Å². The highest BCUT2D eigenvalue weighted by molar-refractivity contribution is 5.95. The van der Waals surface area contributed by atoms with Gasteiger partial charge < -0.3 is 20.6 Å². The third kappa shape index (κ3) is 3.62. The van der Waals surface area contributed by atoms with Crippen molar-refractivity contribution in [3.8, 4) is 5.75 Å². The number of rotatable bonds is 5. The van der Waals surface area contributed by atoms with Gasteiger partial charge in [0.15, 0.2) is 5.84 Å². The second-order valence-corrected chi connectivity index (χ2v) is 4.57. The average molecular weight is 286 g/mol. The first-order valence-electron chi connectivity index (χ1n) is 6.43. The molecule has 1 aromatic heterocycles. The Morgan fingerprint density at radius 1 is 1.29 bits per heavy atom. The van der Waals surface area contributed by atoms with Crippen molar-refractivity contribution in [3.05, 3.63) is 53.7 Å². The SMILES string of the molecule is COc1ccc(CN(C)c2cccc(C(N)=NO)n2)cc1. The van der Waals surface area contributed by atoms with Crippen LogP contribution in [-0.4, -0.2) is 30.2 Å². The van der Waals surface area contributed by atoms with E-state index in [1.54, 1.807) is 13.2 Å². The Morgan fingerprint density at radius 2 is 2.00 bits per heavy atom. The summed E-state index contributed by atoms with van der Waals surface area (Å²) >= 11 is 0. The van der Waals surface area contributed by atoms with E-state index < -0.39 is 0 Å². The van der Waals surface area contributed by atoms with Gasteiger partial charge in [-0.3, -0.25) is 0 Å². The molecule has 0 aliphatic rings. The number of hydrogen-bond acceptors (Lipinski definition) is 5. The van der Waals surface area contributed by atoms with Gasteiger partial charge in [0.2, 0.25) is 0 Å². The third-order valence-corrected chi connectivity index (χ3v) is 3.07. The number of nitrogens with zero attached hydrogens (tertiary/aromatic N) is 3. The standard InChI is InChI=1S/C15H18N4O2/c1-19(10-11-6-8-12(21-2)9-7-11)14-5-3-4-13(17-14)15(16)18-20/h3-9,20H,10H2,1-2H3,(H2,16,18). The van der Waals surface area contributed by atoms with E-state index in [-0.39, 0.29) is 5.84 Å². The van der Waals surface area contributed by atoms with Crippen molar-refractivity contribution in [1.29, 1.82) is 0 Å². The molecule has 110 valence electrons. The zero-order chi connectivity index (χ0) is 15.2. The summed E-state index contributed by atoms with van der Waals surface area (Å²) in [7, 11) is 3.58. The normalized spacial score (nSPS) is 11.2. The number of amidine groups is 1. The highest BCUT2D eigenvalue weighted by Crippen LogP contribution is 2.16. The fourth-order valence-corrected chi connectivity index (χ4v) is 1.92. The van der Waals surface area contributed by atoms with Gasteiger partial charge in [-0.1, -0.05) is 23.4 Å². The van der Waals surface area contributed by atoms with Crippen molar-refractivity contribution in [2.45, 2.75) is 6.54 Å². The molecule has 0 atom stereocenters. The van der Waals surface area contributed by atoms with Gasteiger partial charge in [0, 0.05) is 13.6 Å². The monoisotopic (exact) mass is 286 g/mol. The highest BCUT2D eigenvalue weighted by atomic mass is 16.5. The third-order valence-electron chi connectivity index (χ3n) is 3.07. The second-order valence-electron chi connectivity index (χ2n) is 4.57. The Balaban J connectivity index is 2.14. The molecule has 0 saturated heterocycles. The first-order valence-corrected chi connectivity index (χ1v) is 6.43. The lowest BCUT2D eigenvalue weighted by molar-refractivity contribution is 0.318. The molecule has 0 aliphatic heterocycles. The summed E-state index contributed by atoms with van der Waals surface area (Å²) in [6.07, 6.45) is 0. The number of methoxy groups -OCH3 is 1. The highest BCUT2D eigenvalue weighted by Gasteiger charge is 2.07. The summed E-state index contributed by atoms with van der Waals surface area (Å²) in [6.45, 7) is 0.691. The molecule has 2 aromatic rings. The smallest absolute Gasteiger partial charge is 0.188 e. The maximum Gasteiger partial charge on any atom is 0.188 e. The summed E-state index contributed by atoms with van der Waals surface area (Å²) in [5.41, 5.74) is 7.13. The summed E-state index contributed by atoms with van der Waals surface area (Å²) in [5, 5.41) is 11.7. The van der Waals surface area contributed by atoms with Crippen molar-refractivity contribution >= 4 is 11.7 Å². The molecule has 0 aliphatic carbocycles. The van der Waals surface area contributed by atoms with Crippen LogP contribution in [0.3, 0.4) is 0 Å². The summed E-state index contributed by atoms with van der Waals surface area (Å²) in [5.74, 6) is 1.57. The largest absolute Gasteiger partial charge is 0.497 e. The van der Waals surface area contributed by atoms with Gasteiger partial charge in [-0.2, -0.15) is 0 Å². The number of ether oxygens (including phenoxy) is 1. The van der Waals surface area contributed by atoms with E-state index in [0.717, 1.165) is 17.1 Å². The molecule has 0 unspecified atom stereocenters. The van der Waals surface area contributed by atoms with E-state index in [0.29, 0.717) is 12.2 Å². The molecule has 6 heteroatoms. The molecule has 1 heterocycles. The topological polar surface area (TPSA) is 84.0 Å². The first kappa shape index (κ1) is 14.6. The quantitative estimate of drug-likeness (QED) is 0.379. The molecule has 1 aromatic carbocycles. The lowest BCUT2D eigenvalue weighted by atomic mass is 10.2. The van der Waals surface area contributed by atoms with Gasteiger partial charge in [0.25, 0.3) is 0 Å². The number of oxime groups is 1. The average Bonchev–Trinajstić information content (AvgIpc) is 2.55. The molecule has 0 saturated carbocycles. The Kier molecular flexibility index (Phi) is 4.61. The molecule has 0 radical (unpaired) electrons. The van der Waals surface area contributed by atoms with Crippen LogP contribution in [0.25, 0.3) is 0 Å². The molecule has 3 N–H and O–H groups in total. The predicted octanol–water partition coefficient (Wildman–Crippen LogP) is 1.82. The molecule has 0 fully saturated rings. The molecular formula is C15H18N4O2. The molecule has 0 bridgehead atoms. The van der Waals surface area contributed by atoms with Crippen LogP contribution in [-0.2, 0) is 6.54 Å². The Morgan fingerprint density at radius 3 is 2.62 bits per heavy atom. The van der Waals surface area contributed by atoms with Gasteiger partial charge in [0.05, 0.1) is 7.11 Å². The molecule has 0 amide bonds. The number of benzene rings is 1. The molecule has 6 nitrogen and oxygen atoms in total. The van der Waals surface area contributed by atoms with Crippen LogP contribution >= 0.6 is 0 Å². The summed E-state index contributed by atoms with van der Waals surface area (Å²) in [6, 6.07) is 13.2. The number of hydrogen-bond donors (Lipinski definition) is 2. The fourth-order valence-electron chi connectivity index (χ4n) is 1.92. The minimum absolute atomic E-state index is 0.00491. The van der Waals surface area contributed by atoms with E-state index in [9.17, 15) is 0 Å². The summed E-state index contributed by atoms with van der Waals surface area (Å²) < 4.78 is 5.14. The first-order chi connectivity index (χ1) is 10.1. The van der Waals surface area contributed by atoms with Crippen molar-refractivity contribution in [2.24, 2.45) is 10.9 Å². The molecule has 2 rings (SSSR count). The zero-order valence-corrected chi connectivity index (χ0v) is 12.0. The van der Waals surface area contributed by atoms with Gasteiger partial charge in [-0.25, -0.2) is 4.98 Å². The number of pyridine rings is 1. The maximum atomic E-state index is 8.70. The van der Waals surface area contributed by atoms with E-state index in [4.69, 9.17) is 15.7 Å². The van der Waals surface area contributed by atoms with Gasteiger partial charge in [-0.05, 0) is 29.8 Å². The Labute approximate surface area is 123 Å². The van der Waals surface area contributed by atoms with Gasteiger partial charge in [0.1, 0.15) is 17.3 Å². The minimum Gasteiger partial charge on any atom is -0.497 e. The van der Waals surface area contributed by atoms with Crippen molar-refractivity contribution in [2.75, 3.05) is 19.1 Å². The van der Waals surface area contributed by atoms with Crippen molar-refractivity contribution in [1.82, 2.24) is 4.98 Å². The van der Waals surface area contributed by atoms with Crippen LogP contribution in [0.15, 0.2) is 47.6 Å². The molecule has 21 heavy (non-hydrogen) atoms. The Bertz CT molecular complexity index is 626. The van der Waals surface area contributed by atoms with Gasteiger partial charge in [-0.15, -0.1) is 0 Å². The lowest BCUT2D eigenvalue weighted by Crippen LogP contribution is -2.20. The zero-order valence-electron chi connectivity index (χ0n) is 12.0. The molecule has 0 spiro atoms. The van der Waals surface area contributed by atoms with Crippen LogP contribution in [0.5, 0.6) is 5.75 Å². The van der Waals surface area contributed by atoms with E-state index >= 15 is 0 Å². The van der Waals surface area contributed by atoms with Crippen LogP contribution in [0.4, 0.5) is 5.82 Å². The van der Waals surface area contributed by atoms with Crippen LogP contribution in [0.2, 0.25) is 0 Å². The lowest BCUT2D eigenvalue weighted by Gasteiger charge is -2.19. The second kappa shape index (κ2) is 6.60. The van der Waals surface area contributed by atoms with Crippen LogP contribution in [0, 0.1) is 0 Å². The summed E-state index contributed by atoms with van der Waals surface area (Å²) in [4.78, 5) is 6.34. The fraction of sp³-hybridized carbons (Fsp3) is 0.200. The van der Waals surface area contributed by atoms with Crippen LogP contribution < -0.4 is 15.4 Å².